The molecule has 20 nitrogen and oxygen atoms in total. The van der Waals surface area contributed by atoms with Gasteiger partial charge in [0.05, 0.1) is 37.4 Å². The van der Waals surface area contributed by atoms with Crippen molar-refractivity contribution in [3.05, 3.63) is 30.2 Å². The van der Waals surface area contributed by atoms with Gasteiger partial charge in [-0.25, -0.2) is 39.1 Å². The normalized spacial score (nSPS) is 16.3. The number of amides is 2. The van der Waals surface area contributed by atoms with Gasteiger partial charge in [-0.1, -0.05) is 11.6 Å². The highest BCUT2D eigenvalue weighted by molar-refractivity contribution is 6.33. The van der Waals surface area contributed by atoms with Gasteiger partial charge in [-0.15, -0.1) is 0 Å². The lowest BCUT2D eigenvalue weighted by Gasteiger charge is -2.40. The Kier molecular flexibility index (Phi) is 13.7. The molecule has 0 radical (unpaired) electrons. The number of aromatic amines is 2. The Hall–Kier alpha value is -5.37. The molecule has 6 heterocycles. The highest BCUT2D eigenvalue weighted by Crippen LogP contribution is 2.30. The molecule has 2 amide bonds. The number of esters is 2. The lowest BCUT2D eigenvalue weighted by molar-refractivity contribution is -0.150. The van der Waals surface area contributed by atoms with Crippen molar-refractivity contribution in [2.75, 3.05) is 45.3 Å². The maximum Gasteiger partial charge on any atom is 0.408 e. The molecule has 4 aromatic rings. The maximum atomic E-state index is 12.5. The number of H-pyrrole nitrogens is 2. The van der Waals surface area contributed by atoms with E-state index >= 15 is 0 Å². The fraction of sp³-hybridized carbons (Fsp3) is 0.588. The topological polar surface area (TPSA) is 253 Å². The number of carbonyl (C=O) groups excluding carboxylic acids is 4. The minimum atomic E-state index is -1.13. The Morgan fingerprint density at radius 3 is 1.64 bits per heavy atom. The van der Waals surface area contributed by atoms with Crippen LogP contribution in [-0.4, -0.2) is 127 Å². The number of hydrogen-bond donors (Lipinski definition) is 5. The number of rotatable bonds is 5. The third-order valence-electron chi connectivity index (χ3n) is 8.43. The predicted molar refractivity (Wildman–Crippen MR) is 200 cm³/mol. The molecule has 0 atom stereocenters. The summed E-state index contributed by atoms with van der Waals surface area (Å²) in [5.41, 5.74) is -2.03. The second kappa shape index (κ2) is 17.8. The van der Waals surface area contributed by atoms with Gasteiger partial charge in [0, 0.05) is 13.1 Å². The smallest absolute Gasteiger partial charge is 0.408 e. The van der Waals surface area contributed by atoms with Crippen molar-refractivity contribution in [2.24, 2.45) is 0 Å². The average molecular weight is 789 g/mol. The molecule has 21 heteroatoms. The number of alkyl carbamates (subject to hydrolysis) is 2. The zero-order valence-corrected chi connectivity index (χ0v) is 33.0. The lowest BCUT2D eigenvalue weighted by Crippen LogP contribution is -2.61. The molecule has 5 N–H and O–H groups in total. The van der Waals surface area contributed by atoms with Crippen LogP contribution in [-0.2, 0) is 28.5 Å². The van der Waals surface area contributed by atoms with E-state index in [-0.39, 0.29) is 0 Å². The van der Waals surface area contributed by atoms with E-state index in [0.717, 1.165) is 16.6 Å². The molecule has 6 rings (SSSR count). The zero-order chi connectivity index (χ0) is 40.4. The van der Waals surface area contributed by atoms with Gasteiger partial charge in [-0.05, 0) is 80.3 Å². The van der Waals surface area contributed by atoms with Gasteiger partial charge in [0.25, 0.3) is 0 Å². The summed E-state index contributed by atoms with van der Waals surface area (Å²) in [6.07, 6.45) is 6.63. The number of fused-ring (bicyclic) bond motifs is 2. The number of ether oxygens (including phenoxy) is 4. The number of anilines is 1. The first kappa shape index (κ1) is 42.4. The predicted octanol–water partition coefficient (Wildman–Crippen LogP) is 3.20. The maximum absolute atomic E-state index is 12.5. The van der Waals surface area contributed by atoms with Crippen LogP contribution in [0, 0.1) is 0 Å². The summed E-state index contributed by atoms with van der Waals surface area (Å²) in [5.74, 6) is -0.163. The minimum Gasteiger partial charge on any atom is -0.467 e. The van der Waals surface area contributed by atoms with Crippen LogP contribution in [0.15, 0.2) is 25.0 Å². The second-order valence-corrected chi connectivity index (χ2v) is 15.1. The number of aromatic nitrogens is 8. The number of nitrogens with one attached hydrogen (secondary N) is 5. The first-order valence-corrected chi connectivity index (χ1v) is 17.9. The van der Waals surface area contributed by atoms with Crippen LogP contribution < -0.4 is 20.9 Å². The van der Waals surface area contributed by atoms with Crippen molar-refractivity contribution in [2.45, 2.75) is 89.5 Å². The summed E-state index contributed by atoms with van der Waals surface area (Å²) in [6, 6.07) is 0. The third kappa shape index (κ3) is 11.3. The van der Waals surface area contributed by atoms with E-state index in [1.165, 1.54) is 26.9 Å². The van der Waals surface area contributed by atoms with Gasteiger partial charge >= 0.3 is 24.1 Å². The molecule has 0 spiro atoms. The number of methoxy groups -OCH3 is 2. The van der Waals surface area contributed by atoms with Crippen molar-refractivity contribution in [1.29, 1.82) is 0 Å². The summed E-state index contributed by atoms with van der Waals surface area (Å²) in [4.78, 5) is 66.6. The Bertz CT molecular complexity index is 1930. The van der Waals surface area contributed by atoms with Gasteiger partial charge in [-0.3, -0.25) is 10.2 Å². The molecule has 0 aromatic carbocycles. The van der Waals surface area contributed by atoms with E-state index in [2.05, 4.69) is 56.3 Å². The second-order valence-electron chi connectivity index (χ2n) is 14.8. The summed E-state index contributed by atoms with van der Waals surface area (Å²) in [6.45, 7) is 13.0. The Morgan fingerprint density at radius 1 is 0.709 bits per heavy atom. The van der Waals surface area contributed by atoms with Gasteiger partial charge in [0.1, 0.15) is 45.9 Å². The zero-order valence-electron chi connectivity index (χ0n) is 32.2. The number of piperidine rings is 2. The number of hydrogen-bond acceptors (Lipinski definition) is 16. The molecule has 2 saturated heterocycles. The van der Waals surface area contributed by atoms with Crippen molar-refractivity contribution < 1.29 is 38.1 Å². The highest BCUT2D eigenvalue weighted by Gasteiger charge is 2.45. The van der Waals surface area contributed by atoms with Gasteiger partial charge in [0.15, 0.2) is 11.3 Å². The van der Waals surface area contributed by atoms with Gasteiger partial charge in [0.2, 0.25) is 0 Å². The number of carbonyl (C=O) groups is 4. The quantitative estimate of drug-likeness (QED) is 0.111. The SMILES string of the molecule is COC(=O)C1(NC(=O)OC(C)(C)C)CCN(c2ncnc3[nH]ncc23)CC1.COC(=O)C1(NC(=O)OC(C)(C)C)CCNCC1.Clc1ncnc2[nH]ncc12. The fourth-order valence-electron chi connectivity index (χ4n) is 5.84. The van der Waals surface area contributed by atoms with E-state index in [0.29, 0.717) is 68.3 Å². The van der Waals surface area contributed by atoms with Crippen LogP contribution in [0.2, 0.25) is 5.15 Å². The van der Waals surface area contributed by atoms with E-state index in [1.807, 2.05) is 4.90 Å². The van der Waals surface area contributed by atoms with Crippen molar-refractivity contribution in [3.63, 3.8) is 0 Å². The molecule has 0 bridgehead atoms. The molecular weight excluding hydrogens is 740 g/mol. The van der Waals surface area contributed by atoms with Crippen LogP contribution >= 0.6 is 11.6 Å². The molecule has 2 aliphatic rings. The van der Waals surface area contributed by atoms with E-state index < -0.39 is 46.4 Å². The highest BCUT2D eigenvalue weighted by atomic mass is 35.5. The molecule has 0 aliphatic carbocycles. The van der Waals surface area contributed by atoms with Crippen LogP contribution in [0.25, 0.3) is 22.1 Å². The first-order valence-electron chi connectivity index (χ1n) is 17.5. The van der Waals surface area contributed by atoms with Crippen molar-refractivity contribution in [3.8, 4) is 0 Å². The lowest BCUT2D eigenvalue weighted by atomic mass is 9.87. The Balaban J connectivity index is 0.000000205. The van der Waals surface area contributed by atoms with Gasteiger partial charge in [-0.2, -0.15) is 10.2 Å². The molecule has 0 unspecified atom stereocenters. The molecule has 300 valence electrons. The third-order valence-corrected chi connectivity index (χ3v) is 8.73. The van der Waals surface area contributed by atoms with Gasteiger partial charge < -0.3 is 39.8 Å². The molecule has 2 fully saturated rings. The summed E-state index contributed by atoms with van der Waals surface area (Å²) in [5, 5.41) is 23.8. The monoisotopic (exact) mass is 788 g/mol. The van der Waals surface area contributed by atoms with Crippen LogP contribution in [0.3, 0.4) is 0 Å². The van der Waals surface area contributed by atoms with Crippen molar-refractivity contribution in [1.82, 2.24) is 56.3 Å². The van der Waals surface area contributed by atoms with E-state index in [4.69, 9.17) is 30.5 Å². The largest absolute Gasteiger partial charge is 0.467 e. The molecule has 2 aliphatic heterocycles. The average Bonchev–Trinajstić information content (AvgIpc) is 3.81. The standard InChI is InChI=1S/C17H24N6O4.C12H22N2O4.C5H3ClN4/c1-16(2,3)27-15(25)21-17(14(24)26-4)5-7-23(8-6-17)13-11-9-20-22-12(11)18-10-19-13;1-11(2,3)18-10(16)14-12(9(15)17-4)5-7-13-8-6-12;6-4-3-1-9-10-5(3)8-2-7-4/h9-10H,5-8H2,1-4H3,(H,21,25)(H,18,19,20,22);13H,5-8H2,1-4H3,(H,14,16);1-2H,(H,7,8,9,10). The minimum absolute atomic E-state index is 0.363. The molecular formula is C34H49ClN12O8. The first-order chi connectivity index (χ1) is 25.9. The number of halogens is 1. The van der Waals surface area contributed by atoms with Crippen LogP contribution in [0.5, 0.6) is 0 Å². The van der Waals surface area contributed by atoms with Crippen LogP contribution in [0.4, 0.5) is 15.4 Å². The fourth-order valence-corrected chi connectivity index (χ4v) is 6.02. The van der Waals surface area contributed by atoms with Crippen molar-refractivity contribution >= 4 is 63.6 Å². The van der Waals surface area contributed by atoms with E-state index in [1.54, 1.807) is 53.9 Å². The molecule has 0 saturated carbocycles. The van der Waals surface area contributed by atoms with Crippen LogP contribution in [0.1, 0.15) is 67.2 Å². The molecule has 4 aromatic heterocycles. The summed E-state index contributed by atoms with van der Waals surface area (Å²) >= 11 is 5.69. The molecule has 55 heavy (non-hydrogen) atoms. The Labute approximate surface area is 322 Å². The summed E-state index contributed by atoms with van der Waals surface area (Å²) in [7, 11) is 2.63. The van der Waals surface area contributed by atoms with E-state index in [9.17, 15) is 19.2 Å². The number of nitrogens with zero attached hydrogens (tertiary/aromatic N) is 7. The Morgan fingerprint density at radius 2 is 1.16 bits per heavy atom. The summed E-state index contributed by atoms with van der Waals surface area (Å²) < 4.78 is 20.2.